The van der Waals surface area contributed by atoms with E-state index in [0.717, 1.165) is 24.9 Å². The van der Waals surface area contributed by atoms with E-state index >= 15 is 0 Å². The molecule has 1 saturated heterocycles. The Morgan fingerprint density at radius 2 is 2.17 bits per heavy atom. The van der Waals surface area contributed by atoms with Crippen LogP contribution in [0, 0.1) is 0 Å². The van der Waals surface area contributed by atoms with Crippen molar-refractivity contribution in [3.8, 4) is 0 Å². The Balaban J connectivity index is 1.89. The van der Waals surface area contributed by atoms with Crippen LogP contribution in [-0.4, -0.2) is 31.8 Å². The van der Waals surface area contributed by atoms with Gasteiger partial charge < -0.3 is 9.47 Å². The molecule has 1 unspecified atom stereocenters. The third kappa shape index (κ3) is 2.89. The molecule has 1 N–H and O–H groups in total. The fourth-order valence-electron chi connectivity index (χ4n) is 2.28. The van der Waals surface area contributed by atoms with Crippen molar-refractivity contribution in [1.29, 1.82) is 0 Å². The van der Waals surface area contributed by atoms with Crippen LogP contribution >= 0.6 is 0 Å². The van der Waals surface area contributed by atoms with Crippen molar-refractivity contribution in [2.75, 3.05) is 20.3 Å². The molecule has 0 aromatic heterocycles. The molecule has 4 heteroatoms. The predicted octanol–water partition coefficient (Wildman–Crippen LogP) is 1.50. The molecule has 0 saturated carbocycles. The lowest BCUT2D eigenvalue weighted by Crippen LogP contribution is -2.52. The molecule has 1 aliphatic heterocycles. The molecule has 0 radical (unpaired) electrons. The third-order valence-corrected chi connectivity index (χ3v) is 3.28. The molecule has 0 aliphatic carbocycles. The van der Waals surface area contributed by atoms with Gasteiger partial charge in [0.1, 0.15) is 5.54 Å². The molecule has 1 aromatic rings. The predicted molar refractivity (Wildman–Crippen MR) is 68.1 cm³/mol. The lowest BCUT2D eigenvalue weighted by Gasteiger charge is -2.26. The normalized spacial score (nSPS) is 22.9. The average molecular weight is 249 g/mol. The number of ether oxygens (including phenoxy) is 2. The Hall–Kier alpha value is -1.39. The minimum absolute atomic E-state index is 0.229. The van der Waals surface area contributed by atoms with Gasteiger partial charge in [-0.15, -0.1) is 0 Å². The Labute approximate surface area is 107 Å². The number of hydrogen-bond donors (Lipinski definition) is 1. The molecule has 0 amide bonds. The number of rotatable bonds is 5. The van der Waals surface area contributed by atoms with Crippen molar-refractivity contribution in [2.24, 2.45) is 0 Å². The molecule has 4 nitrogen and oxygen atoms in total. The highest BCUT2D eigenvalue weighted by molar-refractivity contribution is 5.81. The maximum Gasteiger partial charge on any atom is 0.328 e. The van der Waals surface area contributed by atoms with Crippen LogP contribution < -0.4 is 5.32 Å². The number of hydrogen-bond acceptors (Lipinski definition) is 4. The summed E-state index contributed by atoms with van der Waals surface area (Å²) in [5.41, 5.74) is 0.458. The quantitative estimate of drug-likeness (QED) is 0.803. The van der Waals surface area contributed by atoms with Crippen molar-refractivity contribution in [2.45, 2.75) is 25.0 Å². The fourth-order valence-corrected chi connectivity index (χ4v) is 2.28. The topological polar surface area (TPSA) is 47.6 Å². The lowest BCUT2D eigenvalue weighted by molar-refractivity contribution is -0.151. The van der Waals surface area contributed by atoms with Crippen molar-refractivity contribution in [3.05, 3.63) is 35.9 Å². The van der Waals surface area contributed by atoms with Crippen LogP contribution in [0.25, 0.3) is 0 Å². The summed E-state index contributed by atoms with van der Waals surface area (Å²) in [6.45, 7) is 1.71. The van der Waals surface area contributed by atoms with Crippen LogP contribution in [0.3, 0.4) is 0 Å². The van der Waals surface area contributed by atoms with Crippen LogP contribution in [0.1, 0.15) is 18.4 Å². The monoisotopic (exact) mass is 249 g/mol. The molecule has 98 valence electrons. The zero-order valence-electron chi connectivity index (χ0n) is 10.6. The second kappa shape index (κ2) is 5.98. The second-order valence-electron chi connectivity index (χ2n) is 4.58. The van der Waals surface area contributed by atoms with Gasteiger partial charge in [-0.1, -0.05) is 30.3 Å². The van der Waals surface area contributed by atoms with E-state index in [1.807, 2.05) is 30.3 Å². The number of esters is 1. The Kier molecular flexibility index (Phi) is 4.33. The molecule has 18 heavy (non-hydrogen) atoms. The van der Waals surface area contributed by atoms with Gasteiger partial charge in [0.25, 0.3) is 0 Å². The molecule has 1 aliphatic rings. The first kappa shape index (κ1) is 13.1. The SMILES string of the molecule is COC(=O)C1(COCc2ccccc2)CCCN1. The number of carbonyl (C=O) groups is 1. The van der Waals surface area contributed by atoms with E-state index in [1.54, 1.807) is 0 Å². The summed E-state index contributed by atoms with van der Waals surface area (Å²) < 4.78 is 10.5. The minimum Gasteiger partial charge on any atom is -0.468 e. The average Bonchev–Trinajstić information content (AvgIpc) is 2.89. The van der Waals surface area contributed by atoms with Gasteiger partial charge in [-0.05, 0) is 24.9 Å². The summed E-state index contributed by atoms with van der Waals surface area (Å²) in [4.78, 5) is 11.8. The van der Waals surface area contributed by atoms with Crippen molar-refractivity contribution in [1.82, 2.24) is 5.32 Å². The highest BCUT2D eigenvalue weighted by atomic mass is 16.5. The summed E-state index contributed by atoms with van der Waals surface area (Å²) in [5, 5.41) is 3.21. The molecule has 1 fully saturated rings. The van der Waals surface area contributed by atoms with Crippen LogP contribution in [0.4, 0.5) is 0 Å². The van der Waals surface area contributed by atoms with Gasteiger partial charge in [-0.2, -0.15) is 0 Å². The molecule has 2 rings (SSSR count). The van der Waals surface area contributed by atoms with Crippen molar-refractivity contribution >= 4 is 5.97 Å². The molecular weight excluding hydrogens is 230 g/mol. The first-order valence-corrected chi connectivity index (χ1v) is 6.22. The summed E-state index contributed by atoms with van der Waals surface area (Å²) in [7, 11) is 1.42. The first-order valence-electron chi connectivity index (χ1n) is 6.22. The van der Waals surface area contributed by atoms with Gasteiger partial charge in [0.2, 0.25) is 0 Å². The maximum absolute atomic E-state index is 11.8. The van der Waals surface area contributed by atoms with Gasteiger partial charge in [0.05, 0.1) is 20.3 Å². The first-order chi connectivity index (χ1) is 8.77. The standard InChI is InChI=1S/C14H19NO3/c1-17-13(16)14(8-5-9-15-14)11-18-10-12-6-3-2-4-7-12/h2-4,6-7,15H,5,8-11H2,1H3. The van der Waals surface area contributed by atoms with Gasteiger partial charge in [0.15, 0.2) is 0 Å². The third-order valence-electron chi connectivity index (χ3n) is 3.28. The molecule has 1 atom stereocenters. The highest BCUT2D eigenvalue weighted by Crippen LogP contribution is 2.21. The van der Waals surface area contributed by atoms with Gasteiger partial charge in [-0.25, -0.2) is 4.79 Å². The summed E-state index contributed by atoms with van der Waals surface area (Å²) in [5.74, 6) is -0.229. The van der Waals surface area contributed by atoms with E-state index in [4.69, 9.17) is 9.47 Å². The second-order valence-corrected chi connectivity index (χ2v) is 4.58. The van der Waals surface area contributed by atoms with E-state index in [9.17, 15) is 4.79 Å². The van der Waals surface area contributed by atoms with E-state index < -0.39 is 5.54 Å². The minimum atomic E-state index is -0.649. The fraction of sp³-hybridized carbons (Fsp3) is 0.500. The lowest BCUT2D eigenvalue weighted by atomic mass is 9.99. The van der Waals surface area contributed by atoms with Crippen LogP contribution in [0.15, 0.2) is 30.3 Å². The summed E-state index contributed by atoms with van der Waals surface area (Å²) in [6.07, 6.45) is 1.75. The van der Waals surface area contributed by atoms with Gasteiger partial charge in [0, 0.05) is 0 Å². The Bertz CT molecular complexity index is 385. The Morgan fingerprint density at radius 3 is 2.78 bits per heavy atom. The number of benzene rings is 1. The van der Waals surface area contributed by atoms with Gasteiger partial charge >= 0.3 is 5.97 Å². The molecule has 0 bridgehead atoms. The number of methoxy groups -OCH3 is 1. The van der Waals surface area contributed by atoms with Crippen LogP contribution in [0.2, 0.25) is 0 Å². The number of carbonyl (C=O) groups excluding carboxylic acids is 1. The summed E-state index contributed by atoms with van der Waals surface area (Å²) in [6, 6.07) is 9.93. The number of nitrogens with one attached hydrogen (secondary N) is 1. The molecule has 0 spiro atoms. The largest absolute Gasteiger partial charge is 0.468 e. The molecular formula is C14H19NO3. The zero-order chi connectivity index (χ0) is 12.8. The molecule has 1 heterocycles. The van der Waals surface area contributed by atoms with Crippen LogP contribution in [-0.2, 0) is 20.9 Å². The maximum atomic E-state index is 11.8. The highest BCUT2D eigenvalue weighted by Gasteiger charge is 2.42. The van der Waals surface area contributed by atoms with Crippen molar-refractivity contribution in [3.63, 3.8) is 0 Å². The van der Waals surface area contributed by atoms with Gasteiger partial charge in [-0.3, -0.25) is 5.32 Å². The van der Waals surface area contributed by atoms with E-state index in [2.05, 4.69) is 5.32 Å². The smallest absolute Gasteiger partial charge is 0.328 e. The van der Waals surface area contributed by atoms with E-state index in [0.29, 0.717) is 13.2 Å². The Morgan fingerprint density at radius 1 is 1.39 bits per heavy atom. The van der Waals surface area contributed by atoms with Crippen molar-refractivity contribution < 1.29 is 14.3 Å². The van der Waals surface area contributed by atoms with Crippen LogP contribution in [0.5, 0.6) is 0 Å². The van der Waals surface area contributed by atoms with E-state index in [1.165, 1.54) is 7.11 Å². The van der Waals surface area contributed by atoms with E-state index in [-0.39, 0.29) is 5.97 Å². The molecule has 1 aromatic carbocycles. The zero-order valence-corrected chi connectivity index (χ0v) is 10.6. The summed E-state index contributed by atoms with van der Waals surface area (Å²) >= 11 is 0.